The highest BCUT2D eigenvalue weighted by Gasteiger charge is 2.27. The van der Waals surface area contributed by atoms with Crippen molar-refractivity contribution in [3.63, 3.8) is 0 Å². The van der Waals surface area contributed by atoms with Crippen LogP contribution in [-0.2, 0) is 14.4 Å². The van der Waals surface area contributed by atoms with Gasteiger partial charge in [0.2, 0.25) is 5.78 Å². The van der Waals surface area contributed by atoms with Gasteiger partial charge in [-0.1, -0.05) is 11.6 Å². The van der Waals surface area contributed by atoms with Gasteiger partial charge in [-0.25, -0.2) is 4.79 Å². The molecule has 1 aromatic rings. The predicted octanol–water partition coefficient (Wildman–Crippen LogP) is 1.91. The van der Waals surface area contributed by atoms with Gasteiger partial charge in [-0.2, -0.15) is 0 Å². The fraction of sp³-hybridized carbons (Fsp3) is 0. The number of aliphatic hydroxyl groups excluding tert-OH is 2. The highest BCUT2D eigenvalue weighted by molar-refractivity contribution is 9.12. The average molecular weight is 391 g/mol. The second kappa shape index (κ2) is 7.10. The third-order valence-electron chi connectivity index (χ3n) is 2.44. The lowest BCUT2D eigenvalue weighted by Gasteiger charge is -2.06. The summed E-state index contributed by atoms with van der Waals surface area (Å²) in [6, 6.07) is 5.66. The SMILES string of the molecule is NC(=O)/C(C(=O)O)=C(/O)C(=O)/C(Br)=C(\O)c1ccc(Cl)cc1. The van der Waals surface area contributed by atoms with Gasteiger partial charge in [0.15, 0.2) is 11.3 Å². The van der Waals surface area contributed by atoms with Crippen LogP contribution in [0.3, 0.4) is 0 Å². The van der Waals surface area contributed by atoms with E-state index in [1.165, 1.54) is 24.3 Å². The van der Waals surface area contributed by atoms with Gasteiger partial charge in [0.05, 0.1) is 0 Å². The number of primary amides is 1. The fourth-order valence-corrected chi connectivity index (χ4v) is 1.93. The van der Waals surface area contributed by atoms with E-state index in [1.807, 2.05) is 0 Å². The lowest BCUT2D eigenvalue weighted by Crippen LogP contribution is -2.25. The molecule has 0 aliphatic carbocycles. The number of halogens is 2. The molecule has 116 valence electrons. The number of carboxylic acids is 1. The Morgan fingerprint density at radius 1 is 1.05 bits per heavy atom. The highest BCUT2D eigenvalue weighted by atomic mass is 79.9. The van der Waals surface area contributed by atoms with E-state index in [1.54, 1.807) is 0 Å². The summed E-state index contributed by atoms with van der Waals surface area (Å²) < 4.78 is -0.549. The predicted molar refractivity (Wildman–Crippen MR) is 81.4 cm³/mol. The second-order valence-corrected chi connectivity index (χ2v) is 5.12. The van der Waals surface area contributed by atoms with Crippen LogP contribution in [0, 0.1) is 0 Å². The van der Waals surface area contributed by atoms with Crippen LogP contribution in [0.4, 0.5) is 0 Å². The van der Waals surface area contributed by atoms with Gasteiger partial charge in [0.25, 0.3) is 5.91 Å². The molecule has 0 atom stereocenters. The van der Waals surface area contributed by atoms with E-state index in [0.29, 0.717) is 5.02 Å². The summed E-state index contributed by atoms with van der Waals surface area (Å²) in [4.78, 5) is 33.7. The Labute approximate surface area is 137 Å². The summed E-state index contributed by atoms with van der Waals surface area (Å²) >= 11 is 8.42. The van der Waals surface area contributed by atoms with Gasteiger partial charge < -0.3 is 21.1 Å². The first kappa shape index (κ1) is 17.7. The van der Waals surface area contributed by atoms with E-state index in [4.69, 9.17) is 22.4 Å². The van der Waals surface area contributed by atoms with Crippen LogP contribution in [-0.4, -0.2) is 33.0 Å². The molecule has 0 spiro atoms. The largest absolute Gasteiger partial charge is 0.506 e. The van der Waals surface area contributed by atoms with E-state index in [9.17, 15) is 24.6 Å². The second-order valence-electron chi connectivity index (χ2n) is 3.89. The van der Waals surface area contributed by atoms with Gasteiger partial charge in [0, 0.05) is 10.6 Å². The molecular weight excluding hydrogens is 382 g/mol. The topological polar surface area (TPSA) is 138 Å². The van der Waals surface area contributed by atoms with Crippen LogP contribution < -0.4 is 5.73 Å². The summed E-state index contributed by atoms with van der Waals surface area (Å²) in [6.07, 6.45) is 0. The molecular formula is C13H9BrClNO6. The molecule has 0 bridgehead atoms. The van der Waals surface area contributed by atoms with Crippen LogP contribution in [0.2, 0.25) is 5.02 Å². The van der Waals surface area contributed by atoms with Crippen molar-refractivity contribution in [2.75, 3.05) is 0 Å². The smallest absolute Gasteiger partial charge is 0.345 e. The number of amides is 1. The number of benzene rings is 1. The van der Waals surface area contributed by atoms with Gasteiger partial charge >= 0.3 is 5.97 Å². The number of hydrogen-bond acceptors (Lipinski definition) is 5. The number of hydrogen-bond donors (Lipinski definition) is 4. The van der Waals surface area contributed by atoms with Crippen molar-refractivity contribution in [3.05, 3.63) is 50.7 Å². The Morgan fingerprint density at radius 3 is 1.95 bits per heavy atom. The molecule has 0 saturated heterocycles. The molecule has 0 saturated carbocycles. The van der Waals surface area contributed by atoms with Crippen molar-refractivity contribution >= 4 is 50.9 Å². The number of carboxylic acid groups (broad SMARTS) is 1. The summed E-state index contributed by atoms with van der Waals surface area (Å²) in [5.74, 6) is -6.66. The third kappa shape index (κ3) is 3.86. The molecule has 7 nitrogen and oxygen atoms in total. The number of rotatable bonds is 5. The Bertz CT molecular complexity index is 692. The van der Waals surface area contributed by atoms with Gasteiger partial charge in [-0.05, 0) is 40.2 Å². The summed E-state index contributed by atoms with van der Waals surface area (Å²) in [5, 5.41) is 28.7. The Balaban J connectivity index is 3.34. The van der Waals surface area contributed by atoms with E-state index in [2.05, 4.69) is 15.9 Å². The van der Waals surface area contributed by atoms with Crippen molar-refractivity contribution in [2.45, 2.75) is 0 Å². The quantitative estimate of drug-likeness (QED) is 0.262. The molecule has 0 fully saturated rings. The van der Waals surface area contributed by atoms with E-state index < -0.39 is 39.2 Å². The van der Waals surface area contributed by atoms with Gasteiger partial charge in [-0.15, -0.1) is 0 Å². The summed E-state index contributed by atoms with van der Waals surface area (Å²) in [5.41, 5.74) is 3.67. The number of carbonyl (C=O) groups is 3. The van der Waals surface area contributed by atoms with E-state index in [-0.39, 0.29) is 5.56 Å². The molecule has 0 radical (unpaired) electrons. The zero-order chi connectivity index (χ0) is 17.0. The normalized spacial score (nSPS) is 13.0. The Hall–Kier alpha value is -2.32. The van der Waals surface area contributed by atoms with Crippen LogP contribution in [0.15, 0.2) is 40.1 Å². The first-order chi connectivity index (χ1) is 10.2. The fourth-order valence-electron chi connectivity index (χ4n) is 1.38. The molecule has 9 heteroatoms. The molecule has 0 heterocycles. The third-order valence-corrected chi connectivity index (χ3v) is 3.42. The molecule has 1 aromatic carbocycles. The molecule has 0 aliphatic rings. The molecule has 1 amide bonds. The number of carbonyl (C=O) groups excluding carboxylic acids is 2. The number of ketones is 1. The van der Waals surface area contributed by atoms with Crippen molar-refractivity contribution < 1.29 is 29.7 Å². The van der Waals surface area contributed by atoms with Crippen LogP contribution in [0.1, 0.15) is 5.56 Å². The number of aliphatic carboxylic acids is 1. The molecule has 0 aliphatic heterocycles. The lowest BCUT2D eigenvalue weighted by atomic mass is 10.1. The Morgan fingerprint density at radius 2 is 1.55 bits per heavy atom. The van der Waals surface area contributed by atoms with Crippen molar-refractivity contribution in [3.8, 4) is 0 Å². The molecule has 0 unspecified atom stereocenters. The van der Waals surface area contributed by atoms with Crippen molar-refractivity contribution in [1.29, 1.82) is 0 Å². The van der Waals surface area contributed by atoms with Gasteiger partial charge in [-0.3, -0.25) is 9.59 Å². The monoisotopic (exact) mass is 389 g/mol. The van der Waals surface area contributed by atoms with Crippen LogP contribution >= 0.6 is 27.5 Å². The minimum absolute atomic E-state index is 0.174. The minimum Gasteiger partial charge on any atom is -0.506 e. The number of allylic oxidation sites excluding steroid dienone is 1. The maximum absolute atomic E-state index is 11.9. The summed E-state index contributed by atoms with van der Waals surface area (Å²) in [7, 11) is 0. The highest BCUT2D eigenvalue weighted by Crippen LogP contribution is 2.25. The zero-order valence-corrected chi connectivity index (χ0v) is 13.1. The van der Waals surface area contributed by atoms with E-state index in [0.717, 1.165) is 0 Å². The first-order valence-electron chi connectivity index (χ1n) is 5.52. The molecule has 0 aromatic heterocycles. The molecule has 1 rings (SSSR count). The maximum Gasteiger partial charge on any atom is 0.345 e. The Kier molecular flexibility index (Phi) is 5.72. The maximum atomic E-state index is 11.9. The van der Waals surface area contributed by atoms with Gasteiger partial charge in [0.1, 0.15) is 10.2 Å². The minimum atomic E-state index is -1.87. The van der Waals surface area contributed by atoms with Crippen LogP contribution in [0.25, 0.3) is 5.76 Å². The van der Waals surface area contributed by atoms with Crippen molar-refractivity contribution in [2.24, 2.45) is 5.73 Å². The number of aliphatic hydroxyl groups is 2. The molecule has 22 heavy (non-hydrogen) atoms. The average Bonchev–Trinajstić information content (AvgIpc) is 2.44. The van der Waals surface area contributed by atoms with Crippen LogP contribution in [0.5, 0.6) is 0 Å². The number of Topliss-reactive ketones (excluding diaryl/α,β-unsaturated/α-hetero) is 1. The van der Waals surface area contributed by atoms with E-state index >= 15 is 0 Å². The zero-order valence-electron chi connectivity index (χ0n) is 10.7. The first-order valence-corrected chi connectivity index (χ1v) is 6.69. The summed E-state index contributed by atoms with van der Waals surface area (Å²) in [6.45, 7) is 0. The van der Waals surface area contributed by atoms with Crippen molar-refractivity contribution in [1.82, 2.24) is 0 Å². The standard InChI is InChI=1S/C13H9BrClNO6/c14-8(9(17)5-1-3-6(15)4-2-5)11(19)10(18)7(12(16)20)13(21)22/h1-4,17-18H,(H2,16,20)(H,21,22)/b9-8+,10-7-. The number of nitrogens with two attached hydrogens (primary N) is 1. The molecule has 5 N–H and O–H groups in total. The lowest BCUT2D eigenvalue weighted by molar-refractivity contribution is -0.135.